The highest BCUT2D eigenvalue weighted by Gasteiger charge is 2.38. The predicted molar refractivity (Wildman–Crippen MR) is 52.9 cm³/mol. The van der Waals surface area contributed by atoms with Crippen LogP contribution in [0.5, 0.6) is 0 Å². The van der Waals surface area contributed by atoms with Gasteiger partial charge in [-0.05, 0) is 32.2 Å². The molecular formula is C10H14O2S. The van der Waals surface area contributed by atoms with E-state index in [1.165, 1.54) is 10.4 Å². The van der Waals surface area contributed by atoms with Crippen LogP contribution in [0.1, 0.15) is 24.3 Å². The van der Waals surface area contributed by atoms with Gasteiger partial charge in [-0.3, -0.25) is 0 Å². The molecule has 3 heteroatoms. The Kier molecular flexibility index (Phi) is 2.18. The molecule has 1 aromatic rings. The minimum Gasteiger partial charge on any atom is -0.343 e. The lowest BCUT2D eigenvalue weighted by Crippen LogP contribution is -2.23. The van der Waals surface area contributed by atoms with Crippen molar-refractivity contribution in [3.8, 4) is 0 Å². The van der Waals surface area contributed by atoms with Crippen molar-refractivity contribution in [1.29, 1.82) is 0 Å². The lowest BCUT2D eigenvalue weighted by molar-refractivity contribution is -0.159. The zero-order chi connectivity index (χ0) is 9.47. The van der Waals surface area contributed by atoms with E-state index in [0.717, 1.165) is 0 Å². The summed E-state index contributed by atoms with van der Waals surface area (Å²) in [5, 5.41) is 2.08. The third kappa shape index (κ3) is 1.52. The second-order valence-electron chi connectivity index (χ2n) is 3.58. The van der Waals surface area contributed by atoms with E-state index < -0.39 is 5.79 Å². The number of hydrogen-bond acceptors (Lipinski definition) is 3. The highest BCUT2D eigenvalue weighted by molar-refractivity contribution is 7.10. The molecule has 2 unspecified atom stereocenters. The molecule has 0 bridgehead atoms. The van der Waals surface area contributed by atoms with Gasteiger partial charge in [0.2, 0.25) is 0 Å². The van der Waals surface area contributed by atoms with Gasteiger partial charge in [0.25, 0.3) is 0 Å². The average Bonchev–Trinajstić information content (AvgIpc) is 2.59. The van der Waals surface area contributed by atoms with Gasteiger partial charge in [-0.15, -0.1) is 11.3 Å². The smallest absolute Gasteiger partial charge is 0.193 e. The van der Waals surface area contributed by atoms with Crippen LogP contribution in [0.2, 0.25) is 0 Å². The van der Waals surface area contributed by atoms with Crippen LogP contribution in [0.25, 0.3) is 0 Å². The van der Waals surface area contributed by atoms with Crippen molar-refractivity contribution < 1.29 is 9.47 Å². The number of rotatable bonds is 1. The Bertz CT molecular complexity index is 308. The predicted octanol–water partition coefficient (Wildman–Crippen LogP) is 2.66. The molecule has 0 aromatic carbocycles. The van der Waals surface area contributed by atoms with Crippen LogP contribution in [0.15, 0.2) is 11.4 Å². The summed E-state index contributed by atoms with van der Waals surface area (Å²) in [4.78, 5) is 1.27. The van der Waals surface area contributed by atoms with Crippen LogP contribution in [-0.2, 0) is 15.3 Å². The Balaban J connectivity index is 2.30. The molecule has 1 saturated heterocycles. The SMILES string of the molecule is Cc1sccc1C1(C)OCC(C)O1. The standard InChI is InChI=1S/C10H14O2S/c1-7-6-11-10(3,12-7)9-4-5-13-8(9)2/h4-5,7H,6H2,1-3H3. The zero-order valence-electron chi connectivity index (χ0n) is 8.16. The van der Waals surface area contributed by atoms with Crippen LogP contribution in [0, 0.1) is 6.92 Å². The minimum absolute atomic E-state index is 0.198. The third-order valence-electron chi connectivity index (χ3n) is 2.37. The van der Waals surface area contributed by atoms with Gasteiger partial charge in [0.15, 0.2) is 5.79 Å². The molecule has 2 nitrogen and oxygen atoms in total. The van der Waals surface area contributed by atoms with Gasteiger partial charge in [0.05, 0.1) is 12.7 Å². The number of aryl methyl sites for hydroxylation is 1. The Hall–Kier alpha value is -0.380. The topological polar surface area (TPSA) is 18.5 Å². The molecule has 0 spiro atoms. The summed E-state index contributed by atoms with van der Waals surface area (Å²) in [5.74, 6) is -0.510. The highest BCUT2D eigenvalue weighted by Crippen LogP contribution is 2.37. The molecule has 1 aliphatic heterocycles. The van der Waals surface area contributed by atoms with E-state index >= 15 is 0 Å². The van der Waals surface area contributed by atoms with E-state index in [2.05, 4.69) is 18.4 Å². The number of hydrogen-bond donors (Lipinski definition) is 0. The van der Waals surface area contributed by atoms with Gasteiger partial charge in [0.1, 0.15) is 0 Å². The molecule has 0 aliphatic carbocycles. The van der Waals surface area contributed by atoms with Crippen molar-refractivity contribution in [3.63, 3.8) is 0 Å². The van der Waals surface area contributed by atoms with Gasteiger partial charge in [-0.2, -0.15) is 0 Å². The second kappa shape index (κ2) is 3.08. The van der Waals surface area contributed by atoms with Gasteiger partial charge in [-0.25, -0.2) is 0 Å². The zero-order valence-corrected chi connectivity index (χ0v) is 8.98. The average molecular weight is 198 g/mol. The Morgan fingerprint density at radius 3 is 2.85 bits per heavy atom. The first kappa shape index (κ1) is 9.19. The molecular weight excluding hydrogens is 184 g/mol. The lowest BCUT2D eigenvalue weighted by atomic mass is 10.1. The molecule has 1 aromatic heterocycles. The Morgan fingerprint density at radius 2 is 2.38 bits per heavy atom. The third-order valence-corrected chi connectivity index (χ3v) is 3.21. The molecule has 0 amide bonds. The van der Waals surface area contributed by atoms with Crippen LogP contribution in [0.4, 0.5) is 0 Å². The van der Waals surface area contributed by atoms with Gasteiger partial charge in [-0.1, -0.05) is 0 Å². The Morgan fingerprint density at radius 1 is 1.62 bits per heavy atom. The van der Waals surface area contributed by atoms with E-state index in [9.17, 15) is 0 Å². The minimum atomic E-state index is -0.510. The van der Waals surface area contributed by atoms with Crippen molar-refractivity contribution in [2.24, 2.45) is 0 Å². The van der Waals surface area contributed by atoms with Gasteiger partial charge in [0, 0.05) is 10.4 Å². The summed E-state index contributed by atoms with van der Waals surface area (Å²) in [6.07, 6.45) is 0.198. The van der Waals surface area contributed by atoms with Crippen molar-refractivity contribution in [2.45, 2.75) is 32.7 Å². The van der Waals surface area contributed by atoms with E-state index in [1.54, 1.807) is 11.3 Å². The van der Waals surface area contributed by atoms with E-state index in [0.29, 0.717) is 6.61 Å². The first-order valence-electron chi connectivity index (χ1n) is 4.48. The fraction of sp³-hybridized carbons (Fsp3) is 0.600. The first-order valence-corrected chi connectivity index (χ1v) is 5.36. The number of ether oxygens (including phenoxy) is 2. The largest absolute Gasteiger partial charge is 0.343 e. The molecule has 1 fully saturated rings. The van der Waals surface area contributed by atoms with E-state index in [-0.39, 0.29) is 6.10 Å². The maximum atomic E-state index is 5.76. The molecule has 13 heavy (non-hydrogen) atoms. The van der Waals surface area contributed by atoms with Crippen molar-refractivity contribution in [2.75, 3.05) is 6.61 Å². The quantitative estimate of drug-likeness (QED) is 0.690. The molecule has 0 saturated carbocycles. The molecule has 72 valence electrons. The molecule has 0 N–H and O–H groups in total. The van der Waals surface area contributed by atoms with Crippen LogP contribution in [0.3, 0.4) is 0 Å². The van der Waals surface area contributed by atoms with Crippen molar-refractivity contribution in [3.05, 3.63) is 21.9 Å². The number of thiophene rings is 1. The summed E-state index contributed by atoms with van der Waals surface area (Å²) in [6, 6.07) is 2.08. The molecule has 2 rings (SSSR count). The monoisotopic (exact) mass is 198 g/mol. The van der Waals surface area contributed by atoms with Crippen LogP contribution < -0.4 is 0 Å². The maximum Gasteiger partial charge on any atom is 0.193 e. The van der Waals surface area contributed by atoms with E-state index in [1.807, 2.05) is 13.8 Å². The molecule has 2 atom stereocenters. The van der Waals surface area contributed by atoms with Gasteiger partial charge < -0.3 is 9.47 Å². The van der Waals surface area contributed by atoms with Gasteiger partial charge >= 0.3 is 0 Å². The molecule has 0 radical (unpaired) electrons. The summed E-state index contributed by atoms with van der Waals surface area (Å²) < 4.78 is 11.4. The first-order chi connectivity index (χ1) is 6.12. The fourth-order valence-corrected chi connectivity index (χ4v) is 2.51. The molecule has 2 heterocycles. The van der Waals surface area contributed by atoms with Crippen LogP contribution in [-0.4, -0.2) is 12.7 Å². The summed E-state index contributed by atoms with van der Waals surface area (Å²) in [6.45, 7) is 6.81. The summed E-state index contributed by atoms with van der Waals surface area (Å²) in [5.41, 5.74) is 1.17. The van der Waals surface area contributed by atoms with Crippen molar-refractivity contribution in [1.82, 2.24) is 0 Å². The van der Waals surface area contributed by atoms with E-state index in [4.69, 9.17) is 9.47 Å². The maximum absolute atomic E-state index is 5.76. The normalized spacial score (nSPS) is 33.9. The fourth-order valence-electron chi connectivity index (χ4n) is 1.73. The summed E-state index contributed by atoms with van der Waals surface area (Å²) in [7, 11) is 0. The molecule has 1 aliphatic rings. The van der Waals surface area contributed by atoms with Crippen molar-refractivity contribution >= 4 is 11.3 Å². The lowest BCUT2D eigenvalue weighted by Gasteiger charge is -2.22. The van der Waals surface area contributed by atoms with Crippen LogP contribution >= 0.6 is 11.3 Å². The summed E-state index contributed by atoms with van der Waals surface area (Å²) >= 11 is 1.73. The Labute approximate surface area is 82.5 Å². The highest BCUT2D eigenvalue weighted by atomic mass is 32.1. The second-order valence-corrected chi connectivity index (χ2v) is 4.70.